The second-order valence-electron chi connectivity index (χ2n) is 8.72. The van der Waals surface area contributed by atoms with Gasteiger partial charge in [0.05, 0.1) is 17.9 Å². The third-order valence-electron chi connectivity index (χ3n) is 6.26. The standard InChI is InChI=1S/C24H28N4O3/c1-15-11-28(12-16(2)31-15)24-25-21-14-27(10-9-19(21)23(30)26-24)13-20-18-6-4-3-5-17(18)7-8-22(20)29/h3-8,15-16,29H,9-14H2,1-2H3,(H,25,26,30). The highest BCUT2D eigenvalue weighted by molar-refractivity contribution is 5.87. The molecule has 1 fully saturated rings. The second-order valence-corrected chi connectivity index (χ2v) is 8.72. The van der Waals surface area contributed by atoms with E-state index in [0.29, 0.717) is 44.3 Å². The maximum Gasteiger partial charge on any atom is 0.255 e. The Balaban J connectivity index is 1.42. The molecule has 2 aliphatic rings. The monoisotopic (exact) mass is 420 g/mol. The van der Waals surface area contributed by atoms with Crippen LogP contribution in [0.25, 0.3) is 10.8 Å². The molecule has 3 aromatic rings. The average molecular weight is 421 g/mol. The number of aromatic hydroxyl groups is 1. The summed E-state index contributed by atoms with van der Waals surface area (Å²) in [5.74, 6) is 0.931. The third kappa shape index (κ3) is 3.91. The van der Waals surface area contributed by atoms with Crippen LogP contribution in [0, 0.1) is 0 Å². The smallest absolute Gasteiger partial charge is 0.255 e. The number of phenolic OH excluding ortho intramolecular Hbond substituents is 1. The molecule has 0 spiro atoms. The number of ether oxygens (including phenoxy) is 1. The number of morpholine rings is 1. The number of aromatic nitrogens is 2. The molecule has 7 heteroatoms. The van der Waals surface area contributed by atoms with Gasteiger partial charge in [-0.2, -0.15) is 0 Å². The molecule has 0 bridgehead atoms. The van der Waals surface area contributed by atoms with Gasteiger partial charge >= 0.3 is 0 Å². The van der Waals surface area contributed by atoms with Gasteiger partial charge in [-0.3, -0.25) is 14.7 Å². The van der Waals surface area contributed by atoms with Gasteiger partial charge in [0.2, 0.25) is 5.95 Å². The lowest BCUT2D eigenvalue weighted by atomic mass is 10.0. The Morgan fingerprint density at radius 3 is 2.74 bits per heavy atom. The summed E-state index contributed by atoms with van der Waals surface area (Å²) < 4.78 is 5.82. The van der Waals surface area contributed by atoms with Gasteiger partial charge in [0.1, 0.15) is 5.75 Å². The minimum Gasteiger partial charge on any atom is -0.508 e. The first-order valence-corrected chi connectivity index (χ1v) is 10.9. The average Bonchev–Trinajstić information content (AvgIpc) is 2.75. The Labute approximate surface area is 181 Å². The van der Waals surface area contributed by atoms with Crippen molar-refractivity contribution >= 4 is 16.7 Å². The molecule has 0 saturated carbocycles. The Hall–Kier alpha value is -2.90. The fourth-order valence-corrected chi connectivity index (χ4v) is 4.83. The number of hydrogen-bond donors (Lipinski definition) is 2. The van der Waals surface area contributed by atoms with Gasteiger partial charge in [0, 0.05) is 43.9 Å². The molecule has 5 rings (SSSR count). The maximum atomic E-state index is 12.8. The van der Waals surface area contributed by atoms with Crippen molar-refractivity contribution in [3.05, 3.63) is 63.6 Å². The fraction of sp³-hybridized carbons (Fsp3) is 0.417. The molecule has 2 N–H and O–H groups in total. The van der Waals surface area contributed by atoms with E-state index in [0.717, 1.165) is 34.1 Å². The van der Waals surface area contributed by atoms with E-state index < -0.39 is 0 Å². The fourth-order valence-electron chi connectivity index (χ4n) is 4.83. The first-order valence-electron chi connectivity index (χ1n) is 10.9. The molecule has 1 aromatic heterocycles. The number of benzene rings is 2. The van der Waals surface area contributed by atoms with Crippen LogP contribution in [-0.2, 0) is 24.2 Å². The molecule has 2 aromatic carbocycles. The summed E-state index contributed by atoms with van der Waals surface area (Å²) in [6.45, 7) is 7.45. The molecule has 0 radical (unpaired) electrons. The molecule has 0 amide bonds. The number of aromatic amines is 1. The normalized spacial score (nSPS) is 21.9. The van der Waals surface area contributed by atoms with Crippen molar-refractivity contribution in [3.63, 3.8) is 0 Å². The van der Waals surface area contributed by atoms with Gasteiger partial charge in [-0.05, 0) is 37.1 Å². The number of H-pyrrole nitrogens is 1. The van der Waals surface area contributed by atoms with Crippen molar-refractivity contribution < 1.29 is 9.84 Å². The molecule has 2 aliphatic heterocycles. The second kappa shape index (κ2) is 7.98. The van der Waals surface area contributed by atoms with E-state index in [4.69, 9.17) is 9.72 Å². The van der Waals surface area contributed by atoms with E-state index in [1.165, 1.54) is 0 Å². The number of anilines is 1. The topological polar surface area (TPSA) is 81.7 Å². The molecule has 1 saturated heterocycles. The summed E-state index contributed by atoms with van der Waals surface area (Å²) in [6, 6.07) is 11.8. The van der Waals surface area contributed by atoms with Crippen LogP contribution < -0.4 is 10.5 Å². The number of fused-ring (bicyclic) bond motifs is 2. The van der Waals surface area contributed by atoms with Crippen LogP contribution in [-0.4, -0.2) is 51.8 Å². The van der Waals surface area contributed by atoms with Gasteiger partial charge in [0.25, 0.3) is 5.56 Å². The lowest BCUT2D eigenvalue weighted by Crippen LogP contribution is -2.47. The van der Waals surface area contributed by atoms with Crippen LogP contribution in [0.3, 0.4) is 0 Å². The molecule has 162 valence electrons. The Kier molecular flexibility index (Phi) is 5.16. The number of rotatable bonds is 3. The zero-order chi connectivity index (χ0) is 21.5. The van der Waals surface area contributed by atoms with E-state index in [9.17, 15) is 9.90 Å². The van der Waals surface area contributed by atoms with Crippen molar-refractivity contribution in [1.29, 1.82) is 0 Å². The molecular formula is C24H28N4O3. The molecule has 0 aliphatic carbocycles. The van der Waals surface area contributed by atoms with Crippen molar-refractivity contribution in [2.75, 3.05) is 24.5 Å². The zero-order valence-electron chi connectivity index (χ0n) is 18.0. The van der Waals surface area contributed by atoms with Crippen LogP contribution in [0.5, 0.6) is 5.75 Å². The molecule has 2 unspecified atom stereocenters. The van der Waals surface area contributed by atoms with E-state index >= 15 is 0 Å². The summed E-state index contributed by atoms with van der Waals surface area (Å²) in [5.41, 5.74) is 2.48. The summed E-state index contributed by atoms with van der Waals surface area (Å²) in [4.78, 5) is 25.0. The minimum absolute atomic E-state index is 0.0422. The van der Waals surface area contributed by atoms with E-state index in [-0.39, 0.29) is 17.8 Å². The van der Waals surface area contributed by atoms with Crippen LogP contribution >= 0.6 is 0 Å². The van der Waals surface area contributed by atoms with Crippen LogP contribution in [0.4, 0.5) is 5.95 Å². The van der Waals surface area contributed by atoms with Gasteiger partial charge in [0.15, 0.2) is 0 Å². The Morgan fingerprint density at radius 1 is 1.16 bits per heavy atom. The lowest BCUT2D eigenvalue weighted by Gasteiger charge is -2.36. The van der Waals surface area contributed by atoms with E-state index in [1.54, 1.807) is 6.07 Å². The maximum absolute atomic E-state index is 12.8. The van der Waals surface area contributed by atoms with E-state index in [2.05, 4.69) is 20.9 Å². The number of nitrogens with zero attached hydrogens (tertiary/aromatic N) is 3. The highest BCUT2D eigenvalue weighted by atomic mass is 16.5. The van der Waals surface area contributed by atoms with Gasteiger partial charge in [-0.25, -0.2) is 4.98 Å². The van der Waals surface area contributed by atoms with Crippen molar-refractivity contribution in [2.24, 2.45) is 0 Å². The molecular weight excluding hydrogens is 392 g/mol. The van der Waals surface area contributed by atoms with Crippen LogP contribution in [0.1, 0.15) is 30.7 Å². The number of nitrogens with one attached hydrogen (secondary N) is 1. The predicted molar refractivity (Wildman–Crippen MR) is 121 cm³/mol. The first kappa shape index (κ1) is 20.0. The predicted octanol–water partition coefficient (Wildman–Crippen LogP) is 2.80. The van der Waals surface area contributed by atoms with Crippen LogP contribution in [0.2, 0.25) is 0 Å². The largest absolute Gasteiger partial charge is 0.508 e. The summed E-state index contributed by atoms with van der Waals surface area (Å²) in [6.07, 6.45) is 0.839. The van der Waals surface area contributed by atoms with Gasteiger partial charge < -0.3 is 14.7 Å². The van der Waals surface area contributed by atoms with Gasteiger partial charge in [-0.1, -0.05) is 30.3 Å². The first-order chi connectivity index (χ1) is 15.0. The summed E-state index contributed by atoms with van der Waals surface area (Å²) >= 11 is 0. The summed E-state index contributed by atoms with van der Waals surface area (Å²) in [5, 5.41) is 12.7. The molecule has 7 nitrogen and oxygen atoms in total. The molecule has 31 heavy (non-hydrogen) atoms. The minimum atomic E-state index is -0.0422. The Morgan fingerprint density at radius 2 is 1.94 bits per heavy atom. The third-order valence-corrected chi connectivity index (χ3v) is 6.26. The highest BCUT2D eigenvalue weighted by Gasteiger charge is 2.27. The van der Waals surface area contributed by atoms with Crippen molar-refractivity contribution in [2.45, 2.75) is 45.6 Å². The number of hydrogen-bond acceptors (Lipinski definition) is 6. The molecule has 2 atom stereocenters. The van der Waals surface area contributed by atoms with Crippen LogP contribution in [0.15, 0.2) is 41.2 Å². The quantitative estimate of drug-likeness (QED) is 0.678. The summed E-state index contributed by atoms with van der Waals surface area (Å²) in [7, 11) is 0. The van der Waals surface area contributed by atoms with Crippen molar-refractivity contribution in [1.82, 2.24) is 14.9 Å². The highest BCUT2D eigenvalue weighted by Crippen LogP contribution is 2.30. The molecule has 3 heterocycles. The zero-order valence-corrected chi connectivity index (χ0v) is 18.0. The lowest BCUT2D eigenvalue weighted by molar-refractivity contribution is -0.00576. The Bertz CT molecular complexity index is 1170. The number of phenols is 1. The SMILES string of the molecule is CC1CN(c2nc3c(c(=O)[nH]2)CCN(Cc2c(O)ccc4ccccc24)C3)CC(C)O1. The van der Waals surface area contributed by atoms with E-state index in [1.807, 2.05) is 38.1 Å². The van der Waals surface area contributed by atoms with Crippen molar-refractivity contribution in [3.8, 4) is 5.75 Å². The van der Waals surface area contributed by atoms with Gasteiger partial charge in [-0.15, -0.1) is 0 Å².